The molecule has 2 aliphatic rings. The topological polar surface area (TPSA) is 67.6 Å². The first-order valence-corrected chi connectivity index (χ1v) is 8.54. The fraction of sp³-hybridized carbons (Fsp3) is 0.300. The summed E-state index contributed by atoms with van der Waals surface area (Å²) in [6.07, 6.45) is 2.08. The van der Waals surface area contributed by atoms with Gasteiger partial charge < -0.3 is 10.0 Å². The van der Waals surface area contributed by atoms with Gasteiger partial charge in [-0.2, -0.15) is 0 Å². The first-order chi connectivity index (χ1) is 12.1. The van der Waals surface area contributed by atoms with Gasteiger partial charge in [-0.3, -0.25) is 15.1 Å². The van der Waals surface area contributed by atoms with E-state index in [0.717, 1.165) is 35.1 Å². The minimum absolute atomic E-state index is 0.00601. The number of nitrogens with zero attached hydrogens (tertiary/aromatic N) is 2. The molecule has 4 rings (SSSR count). The van der Waals surface area contributed by atoms with Gasteiger partial charge in [0.1, 0.15) is 6.04 Å². The molecule has 25 heavy (non-hydrogen) atoms. The molecule has 1 atom stereocenters. The van der Waals surface area contributed by atoms with Crippen molar-refractivity contribution in [2.24, 2.45) is 0 Å². The molecule has 1 heterocycles. The Kier molecular flexibility index (Phi) is 3.81. The van der Waals surface area contributed by atoms with E-state index in [4.69, 9.17) is 5.41 Å². The summed E-state index contributed by atoms with van der Waals surface area (Å²) in [7, 11) is 1.68. The Labute approximate surface area is 147 Å². The molecule has 0 bridgehead atoms. The maximum Gasteiger partial charge on any atom is 0.256 e. The number of aliphatic hydroxyl groups is 1. The van der Waals surface area contributed by atoms with Crippen molar-refractivity contribution in [3.05, 3.63) is 59.7 Å². The zero-order valence-corrected chi connectivity index (χ0v) is 14.1. The number of carbonyl (C=O) groups is 1. The van der Waals surface area contributed by atoms with E-state index < -0.39 is 6.04 Å². The van der Waals surface area contributed by atoms with Crippen LogP contribution in [0.5, 0.6) is 0 Å². The second-order valence-corrected chi connectivity index (χ2v) is 6.75. The van der Waals surface area contributed by atoms with E-state index in [2.05, 4.69) is 0 Å². The van der Waals surface area contributed by atoms with E-state index in [1.165, 1.54) is 4.90 Å². The van der Waals surface area contributed by atoms with Gasteiger partial charge in [0.25, 0.3) is 5.91 Å². The van der Waals surface area contributed by atoms with Crippen LogP contribution < -0.4 is 0 Å². The van der Waals surface area contributed by atoms with Gasteiger partial charge in [0.15, 0.2) is 0 Å². The van der Waals surface area contributed by atoms with Gasteiger partial charge in [0, 0.05) is 13.1 Å². The molecule has 1 aliphatic heterocycles. The highest BCUT2D eigenvalue weighted by Gasteiger charge is 2.48. The molecule has 5 nitrogen and oxygen atoms in total. The molecular weight excluding hydrogens is 314 g/mol. The van der Waals surface area contributed by atoms with Crippen LogP contribution in [0.1, 0.15) is 30.0 Å². The lowest BCUT2D eigenvalue weighted by molar-refractivity contribution is -0.127. The Hall–Kier alpha value is -2.66. The summed E-state index contributed by atoms with van der Waals surface area (Å²) in [5, 5.41) is 17.6. The molecule has 0 radical (unpaired) electrons. The second-order valence-electron chi connectivity index (χ2n) is 6.75. The average Bonchev–Trinajstić information content (AvgIpc) is 3.46. The maximum absolute atomic E-state index is 12.7. The van der Waals surface area contributed by atoms with Gasteiger partial charge >= 0.3 is 0 Å². The molecule has 128 valence electrons. The van der Waals surface area contributed by atoms with E-state index in [0.29, 0.717) is 12.0 Å². The minimum atomic E-state index is -0.411. The predicted molar refractivity (Wildman–Crippen MR) is 95.9 cm³/mol. The molecule has 2 aromatic carbocycles. The van der Waals surface area contributed by atoms with Crippen LogP contribution in [-0.2, 0) is 11.4 Å². The van der Waals surface area contributed by atoms with E-state index in [1.807, 2.05) is 53.4 Å². The van der Waals surface area contributed by atoms with Crippen molar-refractivity contribution >= 4 is 11.9 Å². The average molecular weight is 335 g/mol. The highest BCUT2D eigenvalue weighted by molar-refractivity contribution is 6.05. The fourth-order valence-corrected chi connectivity index (χ4v) is 3.48. The standard InChI is InChI=1S/C20H21N3O2/c1-22-19(25)18(23(20(22)21)17-8-9-17)16-7-3-6-15(11-16)14-5-2-4-13(10-14)12-24/h2-7,10-11,17-18,21,24H,8-9,12H2,1H3/t18-/m1/s1. The van der Waals surface area contributed by atoms with Crippen LogP contribution in [0.25, 0.3) is 11.1 Å². The number of nitrogens with one attached hydrogen (secondary N) is 1. The van der Waals surface area contributed by atoms with Gasteiger partial charge in [-0.05, 0) is 47.2 Å². The van der Waals surface area contributed by atoms with Crippen LogP contribution in [0.3, 0.4) is 0 Å². The van der Waals surface area contributed by atoms with Gasteiger partial charge in [0.05, 0.1) is 6.61 Å². The van der Waals surface area contributed by atoms with Crippen LogP contribution in [0, 0.1) is 5.41 Å². The van der Waals surface area contributed by atoms with E-state index in [1.54, 1.807) is 7.05 Å². The predicted octanol–water partition coefficient (Wildman–Crippen LogP) is 2.76. The summed E-state index contributed by atoms with van der Waals surface area (Å²) in [6.45, 7) is 0.00601. The molecular formula is C20H21N3O2. The molecule has 1 saturated carbocycles. The smallest absolute Gasteiger partial charge is 0.256 e. The van der Waals surface area contributed by atoms with Crippen molar-refractivity contribution in [1.82, 2.24) is 9.80 Å². The van der Waals surface area contributed by atoms with Gasteiger partial charge in [-0.1, -0.05) is 36.4 Å². The van der Waals surface area contributed by atoms with Crippen molar-refractivity contribution in [2.75, 3.05) is 7.05 Å². The van der Waals surface area contributed by atoms with E-state index >= 15 is 0 Å². The summed E-state index contributed by atoms with van der Waals surface area (Å²) >= 11 is 0. The second kappa shape index (κ2) is 6.01. The molecule has 2 fully saturated rings. The van der Waals surface area contributed by atoms with Crippen molar-refractivity contribution in [3.8, 4) is 11.1 Å². The Morgan fingerprint density at radius 3 is 2.48 bits per heavy atom. The molecule has 1 amide bonds. The number of carbonyl (C=O) groups excluding carboxylic acids is 1. The van der Waals surface area contributed by atoms with Crippen LogP contribution in [0.4, 0.5) is 0 Å². The minimum Gasteiger partial charge on any atom is -0.392 e. The van der Waals surface area contributed by atoms with Crippen molar-refractivity contribution < 1.29 is 9.90 Å². The lowest BCUT2D eigenvalue weighted by Gasteiger charge is -2.23. The third kappa shape index (κ3) is 2.70. The lowest BCUT2D eigenvalue weighted by Crippen LogP contribution is -2.33. The van der Waals surface area contributed by atoms with Gasteiger partial charge in [-0.25, -0.2) is 0 Å². The number of hydrogen-bond donors (Lipinski definition) is 2. The van der Waals surface area contributed by atoms with Crippen LogP contribution in [0.2, 0.25) is 0 Å². The first kappa shape index (κ1) is 15.8. The number of hydrogen-bond acceptors (Lipinski definition) is 3. The molecule has 2 N–H and O–H groups in total. The molecule has 5 heteroatoms. The summed E-state index contributed by atoms with van der Waals surface area (Å²) in [5.74, 6) is 0.253. The van der Waals surface area contributed by atoms with Gasteiger partial charge in [-0.15, -0.1) is 0 Å². The summed E-state index contributed by atoms with van der Waals surface area (Å²) in [6, 6.07) is 15.6. The number of benzene rings is 2. The maximum atomic E-state index is 12.7. The zero-order chi connectivity index (χ0) is 17.6. The molecule has 1 aliphatic carbocycles. The number of aliphatic hydroxyl groups excluding tert-OH is 1. The monoisotopic (exact) mass is 335 g/mol. The van der Waals surface area contributed by atoms with Crippen molar-refractivity contribution in [2.45, 2.75) is 31.5 Å². The number of guanidine groups is 1. The van der Waals surface area contributed by atoms with Crippen molar-refractivity contribution in [1.29, 1.82) is 5.41 Å². The highest BCUT2D eigenvalue weighted by Crippen LogP contribution is 2.40. The highest BCUT2D eigenvalue weighted by atomic mass is 16.3. The number of amides is 1. The van der Waals surface area contributed by atoms with Crippen molar-refractivity contribution in [3.63, 3.8) is 0 Å². The van der Waals surface area contributed by atoms with Crippen LogP contribution >= 0.6 is 0 Å². The quantitative estimate of drug-likeness (QED) is 0.903. The third-order valence-electron chi connectivity index (χ3n) is 4.99. The third-order valence-corrected chi connectivity index (χ3v) is 4.99. The summed E-state index contributed by atoms with van der Waals surface area (Å²) in [5.41, 5.74) is 3.80. The first-order valence-electron chi connectivity index (χ1n) is 8.54. The summed E-state index contributed by atoms with van der Waals surface area (Å²) in [4.78, 5) is 16.1. The number of likely N-dealkylation sites (N-methyl/N-ethyl adjacent to an activating group) is 1. The molecule has 0 aromatic heterocycles. The fourth-order valence-electron chi connectivity index (χ4n) is 3.48. The largest absolute Gasteiger partial charge is 0.392 e. The van der Waals surface area contributed by atoms with Crippen LogP contribution in [0.15, 0.2) is 48.5 Å². The van der Waals surface area contributed by atoms with Crippen LogP contribution in [-0.4, -0.2) is 39.9 Å². The van der Waals surface area contributed by atoms with Gasteiger partial charge in [0.2, 0.25) is 5.96 Å². The SMILES string of the molecule is CN1C(=N)N(C2CC2)[C@H](c2cccc(-c3cccc(CO)c3)c2)C1=O. The Morgan fingerprint density at radius 1 is 1.12 bits per heavy atom. The normalized spacial score (nSPS) is 20.5. The summed E-state index contributed by atoms with van der Waals surface area (Å²) < 4.78 is 0. The molecule has 0 unspecified atom stereocenters. The lowest BCUT2D eigenvalue weighted by atomic mass is 9.97. The number of rotatable bonds is 4. The zero-order valence-electron chi connectivity index (χ0n) is 14.1. The molecule has 2 aromatic rings. The Balaban J connectivity index is 1.73. The van der Waals surface area contributed by atoms with E-state index in [9.17, 15) is 9.90 Å². The Bertz CT molecular complexity index is 844. The molecule has 0 spiro atoms. The molecule has 1 saturated heterocycles. The Morgan fingerprint density at radius 2 is 1.80 bits per heavy atom. The van der Waals surface area contributed by atoms with E-state index in [-0.39, 0.29) is 12.5 Å².